The average Bonchev–Trinajstić information content (AvgIpc) is 3.09. The van der Waals surface area contributed by atoms with E-state index in [9.17, 15) is 9.59 Å². The fraction of sp³-hybridized carbons (Fsp3) is 0.185. The predicted molar refractivity (Wildman–Crippen MR) is 131 cm³/mol. The lowest BCUT2D eigenvalue weighted by molar-refractivity contribution is -0.120. The first-order valence-electron chi connectivity index (χ1n) is 11.1. The van der Waals surface area contributed by atoms with Gasteiger partial charge in [-0.1, -0.05) is 48.0 Å². The topological polar surface area (TPSA) is 49.9 Å². The molecule has 0 aliphatic carbocycles. The first-order valence-corrected chi connectivity index (χ1v) is 11.4. The van der Waals surface area contributed by atoms with Gasteiger partial charge in [0, 0.05) is 23.3 Å². The molecule has 166 valence electrons. The Labute approximate surface area is 197 Å². The van der Waals surface area contributed by atoms with Crippen molar-refractivity contribution < 1.29 is 14.3 Å². The van der Waals surface area contributed by atoms with Crippen molar-refractivity contribution in [2.75, 3.05) is 23.0 Å². The van der Waals surface area contributed by atoms with E-state index in [1.54, 1.807) is 42.5 Å². The van der Waals surface area contributed by atoms with E-state index in [0.29, 0.717) is 46.4 Å². The van der Waals surface area contributed by atoms with E-state index in [0.717, 1.165) is 18.5 Å². The molecule has 0 unspecified atom stereocenters. The second-order valence-corrected chi connectivity index (χ2v) is 8.43. The minimum Gasteiger partial charge on any atom is -0.494 e. The van der Waals surface area contributed by atoms with Crippen molar-refractivity contribution in [2.24, 2.45) is 0 Å². The first-order chi connectivity index (χ1) is 16.1. The van der Waals surface area contributed by atoms with Crippen LogP contribution in [-0.2, 0) is 16.0 Å². The summed E-state index contributed by atoms with van der Waals surface area (Å²) >= 11 is 6.10. The highest BCUT2D eigenvalue weighted by atomic mass is 35.5. The van der Waals surface area contributed by atoms with E-state index in [1.165, 1.54) is 10.5 Å². The number of para-hydroxylation sites is 1. The molecule has 5 nitrogen and oxygen atoms in total. The average molecular weight is 459 g/mol. The van der Waals surface area contributed by atoms with Gasteiger partial charge in [0.15, 0.2) is 0 Å². The van der Waals surface area contributed by atoms with Gasteiger partial charge in [-0.25, -0.2) is 4.90 Å². The Morgan fingerprint density at radius 1 is 0.939 bits per heavy atom. The fourth-order valence-electron chi connectivity index (χ4n) is 4.52. The Hall–Kier alpha value is -3.57. The van der Waals surface area contributed by atoms with Gasteiger partial charge < -0.3 is 9.64 Å². The molecule has 0 atom stereocenters. The number of amides is 2. The zero-order valence-electron chi connectivity index (χ0n) is 18.3. The van der Waals surface area contributed by atoms with Crippen LogP contribution in [0.15, 0.2) is 78.5 Å². The van der Waals surface area contributed by atoms with E-state index in [2.05, 4.69) is 6.07 Å². The molecular weight excluding hydrogens is 436 g/mol. The lowest BCUT2D eigenvalue weighted by atomic mass is 9.98. The third-order valence-corrected chi connectivity index (χ3v) is 6.21. The number of fused-ring (bicyclic) bond motifs is 1. The van der Waals surface area contributed by atoms with Crippen LogP contribution in [0.5, 0.6) is 5.75 Å². The maximum atomic E-state index is 13.9. The van der Waals surface area contributed by atoms with Crippen LogP contribution in [0.2, 0.25) is 5.02 Å². The Balaban J connectivity index is 1.66. The third kappa shape index (κ3) is 3.79. The molecule has 0 aromatic heterocycles. The van der Waals surface area contributed by atoms with Crippen molar-refractivity contribution in [3.8, 4) is 5.75 Å². The Morgan fingerprint density at radius 3 is 2.52 bits per heavy atom. The number of nitrogens with zero attached hydrogens (tertiary/aromatic N) is 2. The summed E-state index contributed by atoms with van der Waals surface area (Å²) in [6.07, 6.45) is 1.84. The summed E-state index contributed by atoms with van der Waals surface area (Å²) < 4.78 is 5.60. The molecule has 0 bridgehead atoms. The highest BCUT2D eigenvalue weighted by Crippen LogP contribution is 2.40. The number of hydrogen-bond donors (Lipinski definition) is 0. The van der Waals surface area contributed by atoms with Crippen molar-refractivity contribution in [3.63, 3.8) is 0 Å². The normalized spacial score (nSPS) is 15.8. The number of carbonyl (C=O) groups is 2. The van der Waals surface area contributed by atoms with Gasteiger partial charge in [-0.15, -0.1) is 0 Å². The van der Waals surface area contributed by atoms with Gasteiger partial charge in [-0.2, -0.15) is 0 Å². The van der Waals surface area contributed by atoms with Crippen LogP contribution in [0.25, 0.3) is 5.57 Å². The van der Waals surface area contributed by atoms with Crippen LogP contribution in [0.1, 0.15) is 24.5 Å². The summed E-state index contributed by atoms with van der Waals surface area (Å²) in [7, 11) is 0. The largest absolute Gasteiger partial charge is 0.494 e. The van der Waals surface area contributed by atoms with Gasteiger partial charge in [0.2, 0.25) is 0 Å². The Kier molecular flexibility index (Phi) is 5.65. The summed E-state index contributed by atoms with van der Waals surface area (Å²) in [5, 5.41) is 0.572. The summed E-state index contributed by atoms with van der Waals surface area (Å²) in [4.78, 5) is 30.9. The molecule has 6 heteroatoms. The number of rotatable bonds is 5. The lowest BCUT2D eigenvalue weighted by Crippen LogP contribution is -2.37. The van der Waals surface area contributed by atoms with E-state index in [1.807, 2.05) is 36.1 Å². The number of ether oxygens (including phenoxy) is 1. The number of carbonyl (C=O) groups excluding carboxylic acids is 2. The molecule has 0 saturated carbocycles. The van der Waals surface area contributed by atoms with Crippen LogP contribution in [0.3, 0.4) is 0 Å². The number of imide groups is 1. The Morgan fingerprint density at radius 2 is 1.73 bits per heavy atom. The van der Waals surface area contributed by atoms with Crippen LogP contribution in [-0.4, -0.2) is 25.0 Å². The monoisotopic (exact) mass is 458 g/mol. The smallest absolute Gasteiger partial charge is 0.282 e. The first kappa shape index (κ1) is 21.3. The van der Waals surface area contributed by atoms with E-state index in [4.69, 9.17) is 16.3 Å². The molecule has 2 amide bonds. The molecule has 2 heterocycles. The van der Waals surface area contributed by atoms with Crippen LogP contribution >= 0.6 is 11.6 Å². The second kappa shape index (κ2) is 8.75. The van der Waals surface area contributed by atoms with Crippen LogP contribution in [0.4, 0.5) is 11.4 Å². The van der Waals surface area contributed by atoms with Gasteiger partial charge in [-0.3, -0.25) is 9.59 Å². The lowest BCUT2D eigenvalue weighted by Gasteiger charge is -2.32. The van der Waals surface area contributed by atoms with Crippen LogP contribution in [0, 0.1) is 0 Å². The number of benzene rings is 3. The molecule has 0 radical (unpaired) electrons. The summed E-state index contributed by atoms with van der Waals surface area (Å²) in [5.41, 5.74) is 4.08. The molecule has 3 aromatic rings. The molecule has 33 heavy (non-hydrogen) atoms. The van der Waals surface area contributed by atoms with Crippen molar-refractivity contribution in [1.82, 2.24) is 0 Å². The Bertz CT molecular complexity index is 1270. The number of anilines is 2. The zero-order chi connectivity index (χ0) is 22.9. The fourth-order valence-corrected chi connectivity index (χ4v) is 4.65. The molecule has 0 spiro atoms. The van der Waals surface area contributed by atoms with E-state index < -0.39 is 0 Å². The molecule has 5 rings (SSSR count). The summed E-state index contributed by atoms with van der Waals surface area (Å²) in [6, 6.07) is 22.2. The molecule has 0 N–H and O–H groups in total. The molecule has 0 fully saturated rings. The van der Waals surface area contributed by atoms with Crippen LogP contribution < -0.4 is 14.5 Å². The number of hydrogen-bond acceptors (Lipinski definition) is 4. The van der Waals surface area contributed by atoms with E-state index >= 15 is 0 Å². The van der Waals surface area contributed by atoms with Crippen molar-refractivity contribution in [2.45, 2.75) is 19.8 Å². The van der Waals surface area contributed by atoms with Gasteiger partial charge >= 0.3 is 0 Å². The zero-order valence-corrected chi connectivity index (χ0v) is 19.0. The highest BCUT2D eigenvalue weighted by molar-refractivity contribution is 6.46. The van der Waals surface area contributed by atoms with Gasteiger partial charge in [-0.05, 0) is 61.2 Å². The minimum absolute atomic E-state index is 0.338. The van der Waals surface area contributed by atoms with Crippen molar-refractivity contribution in [3.05, 3.63) is 94.6 Å². The third-order valence-electron chi connectivity index (χ3n) is 5.96. The maximum Gasteiger partial charge on any atom is 0.282 e. The number of aryl methyl sites for hydroxylation is 1. The molecule has 2 aliphatic heterocycles. The summed E-state index contributed by atoms with van der Waals surface area (Å²) in [6.45, 7) is 3.05. The standard InChI is InChI=1S/C27H23ClN2O3/c1-2-33-22-10-5-9-21(17-22)30-26(31)24(19-12-14-20(28)15-13-19)25(27(30)32)29-16-6-8-18-7-3-4-11-23(18)29/h3-5,7,9-15,17H,2,6,8,16H2,1H3. The van der Waals surface area contributed by atoms with Crippen molar-refractivity contribution in [1.29, 1.82) is 0 Å². The van der Waals surface area contributed by atoms with Crippen molar-refractivity contribution >= 4 is 40.4 Å². The predicted octanol–water partition coefficient (Wildman–Crippen LogP) is 5.48. The van der Waals surface area contributed by atoms with Gasteiger partial charge in [0.1, 0.15) is 11.4 Å². The highest BCUT2D eigenvalue weighted by Gasteiger charge is 2.43. The van der Waals surface area contributed by atoms with Gasteiger partial charge in [0.25, 0.3) is 11.8 Å². The minimum atomic E-state index is -0.353. The maximum absolute atomic E-state index is 13.9. The SMILES string of the molecule is CCOc1cccc(N2C(=O)C(c3ccc(Cl)cc3)=C(N3CCCc4ccccc43)C2=O)c1. The molecule has 3 aromatic carbocycles. The summed E-state index contributed by atoms with van der Waals surface area (Å²) in [5.74, 6) is -0.0789. The molecule has 0 saturated heterocycles. The quantitative estimate of drug-likeness (QED) is 0.475. The second-order valence-electron chi connectivity index (χ2n) is 7.99. The number of halogens is 1. The van der Waals surface area contributed by atoms with Gasteiger partial charge in [0.05, 0.1) is 17.9 Å². The van der Waals surface area contributed by atoms with E-state index in [-0.39, 0.29) is 11.8 Å². The molecule has 2 aliphatic rings. The molecular formula is C27H23ClN2O3.